The highest BCUT2D eigenvalue weighted by Crippen LogP contribution is 2.23. The Bertz CT molecular complexity index is 890. The summed E-state index contributed by atoms with van der Waals surface area (Å²) in [4.78, 5) is 13.8. The lowest BCUT2D eigenvalue weighted by Crippen LogP contribution is -2.30. The van der Waals surface area contributed by atoms with Crippen LogP contribution in [0.2, 0.25) is 0 Å². The third-order valence-electron chi connectivity index (χ3n) is 3.81. The second kappa shape index (κ2) is 7.82. The first-order valence-electron chi connectivity index (χ1n) is 8.03. The maximum atomic E-state index is 13.5. The Morgan fingerprint density at radius 1 is 1.04 bits per heavy atom. The van der Waals surface area contributed by atoms with Gasteiger partial charge in [-0.3, -0.25) is 4.79 Å². The van der Waals surface area contributed by atoms with Crippen LogP contribution in [-0.2, 0) is 0 Å². The molecule has 1 aromatic heterocycles. The molecule has 0 aliphatic heterocycles. The molecule has 0 atom stereocenters. The predicted octanol–water partition coefficient (Wildman–Crippen LogP) is 4.38. The molecule has 0 spiro atoms. The second-order valence-corrected chi connectivity index (χ2v) is 5.68. The summed E-state index contributed by atoms with van der Waals surface area (Å²) < 4.78 is 37.4. The number of nitrogens with zero attached hydrogens (tertiary/aromatic N) is 1. The van der Waals surface area contributed by atoms with Crippen molar-refractivity contribution in [3.05, 3.63) is 78.1 Å². The molecule has 6 heteroatoms. The molecule has 0 bridgehead atoms. The van der Waals surface area contributed by atoms with Gasteiger partial charge in [-0.05, 0) is 48.5 Å². The largest absolute Gasteiger partial charge is 0.489 e. The summed E-state index contributed by atoms with van der Waals surface area (Å²) in [5.41, 5.74) is 0.677. The topological polar surface area (TPSA) is 42.7 Å². The van der Waals surface area contributed by atoms with E-state index in [1.807, 2.05) is 0 Å². The maximum absolute atomic E-state index is 13.5. The number of benzene rings is 2. The van der Waals surface area contributed by atoms with Crippen molar-refractivity contribution in [3.63, 3.8) is 0 Å². The molecule has 1 heterocycles. The van der Waals surface area contributed by atoms with E-state index in [0.717, 1.165) is 0 Å². The molecule has 26 heavy (non-hydrogen) atoms. The first-order chi connectivity index (χ1) is 12.5. The van der Waals surface area contributed by atoms with Gasteiger partial charge >= 0.3 is 0 Å². The molecule has 3 aromatic rings. The number of hydrogen-bond donors (Lipinski definition) is 0. The van der Waals surface area contributed by atoms with Gasteiger partial charge in [0.1, 0.15) is 18.2 Å². The summed E-state index contributed by atoms with van der Waals surface area (Å²) in [7, 11) is 1.60. The summed E-state index contributed by atoms with van der Waals surface area (Å²) in [6, 6.07) is 15.1. The fourth-order valence-electron chi connectivity index (χ4n) is 2.37. The summed E-state index contributed by atoms with van der Waals surface area (Å²) >= 11 is 0. The van der Waals surface area contributed by atoms with Crippen LogP contribution < -0.4 is 4.74 Å². The molecular weight excluding hydrogens is 340 g/mol. The Labute approximate surface area is 149 Å². The van der Waals surface area contributed by atoms with Crippen molar-refractivity contribution in [1.29, 1.82) is 0 Å². The lowest BCUT2D eigenvalue weighted by atomic mass is 10.2. The minimum atomic E-state index is -0.448. The average molecular weight is 357 g/mol. The third-order valence-corrected chi connectivity index (χ3v) is 3.81. The number of para-hydroxylation sites is 1. The Morgan fingerprint density at radius 3 is 2.50 bits per heavy atom. The quantitative estimate of drug-likeness (QED) is 0.658. The van der Waals surface area contributed by atoms with E-state index in [4.69, 9.17) is 9.15 Å². The molecule has 0 saturated carbocycles. The van der Waals surface area contributed by atoms with Crippen LogP contribution in [0, 0.1) is 11.6 Å². The first-order valence-corrected chi connectivity index (χ1v) is 8.03. The van der Waals surface area contributed by atoms with Crippen molar-refractivity contribution >= 4 is 5.91 Å². The van der Waals surface area contributed by atoms with Crippen molar-refractivity contribution in [2.45, 2.75) is 0 Å². The summed E-state index contributed by atoms with van der Waals surface area (Å²) in [5, 5.41) is 0. The number of likely N-dealkylation sites (N-methyl/N-ethyl adjacent to an activating group) is 1. The van der Waals surface area contributed by atoms with Crippen molar-refractivity contribution in [2.75, 3.05) is 20.2 Å². The molecule has 0 radical (unpaired) electrons. The lowest BCUT2D eigenvalue weighted by molar-refractivity contribution is 0.0742. The molecule has 0 N–H and O–H groups in total. The molecule has 1 amide bonds. The van der Waals surface area contributed by atoms with Gasteiger partial charge in [-0.2, -0.15) is 0 Å². The molecule has 0 aliphatic carbocycles. The van der Waals surface area contributed by atoms with Crippen LogP contribution in [0.25, 0.3) is 11.3 Å². The molecule has 4 nitrogen and oxygen atoms in total. The van der Waals surface area contributed by atoms with E-state index in [2.05, 4.69) is 0 Å². The van der Waals surface area contributed by atoms with E-state index in [1.54, 1.807) is 43.4 Å². The van der Waals surface area contributed by atoms with E-state index in [1.165, 1.54) is 29.2 Å². The van der Waals surface area contributed by atoms with E-state index in [-0.39, 0.29) is 36.4 Å². The first kappa shape index (κ1) is 17.7. The number of hydrogen-bond acceptors (Lipinski definition) is 3. The Balaban J connectivity index is 1.58. The molecule has 0 aliphatic rings. The number of ether oxygens (including phenoxy) is 1. The maximum Gasteiger partial charge on any atom is 0.289 e. The average Bonchev–Trinajstić information content (AvgIpc) is 3.13. The minimum Gasteiger partial charge on any atom is -0.489 e. The Kier molecular flexibility index (Phi) is 5.31. The fraction of sp³-hybridized carbons (Fsp3) is 0.150. The second-order valence-electron chi connectivity index (χ2n) is 5.68. The number of halogens is 2. The highest BCUT2D eigenvalue weighted by molar-refractivity contribution is 5.91. The van der Waals surface area contributed by atoms with Crippen LogP contribution in [0.4, 0.5) is 8.78 Å². The van der Waals surface area contributed by atoms with Gasteiger partial charge in [0.15, 0.2) is 17.3 Å². The highest BCUT2D eigenvalue weighted by Gasteiger charge is 2.17. The molecule has 0 saturated heterocycles. The smallest absolute Gasteiger partial charge is 0.289 e. The summed E-state index contributed by atoms with van der Waals surface area (Å²) in [6.45, 7) is 0.411. The van der Waals surface area contributed by atoms with E-state index < -0.39 is 5.82 Å². The van der Waals surface area contributed by atoms with Crippen LogP contribution in [0.5, 0.6) is 5.75 Å². The molecule has 0 unspecified atom stereocenters. The van der Waals surface area contributed by atoms with Gasteiger partial charge in [-0.25, -0.2) is 8.78 Å². The number of amides is 1. The number of carbonyl (C=O) groups excluding carboxylic acids is 1. The van der Waals surface area contributed by atoms with Gasteiger partial charge in [0.25, 0.3) is 5.91 Å². The molecule has 2 aromatic carbocycles. The normalized spacial score (nSPS) is 10.6. The van der Waals surface area contributed by atoms with Crippen LogP contribution in [0.3, 0.4) is 0 Å². The monoisotopic (exact) mass is 357 g/mol. The molecular formula is C20H17F2NO3. The number of rotatable bonds is 6. The summed E-state index contributed by atoms with van der Waals surface area (Å²) in [5.74, 6) is -0.329. The number of carbonyl (C=O) groups is 1. The van der Waals surface area contributed by atoms with Crippen molar-refractivity contribution < 1.29 is 22.7 Å². The highest BCUT2D eigenvalue weighted by atomic mass is 19.1. The van der Waals surface area contributed by atoms with Crippen LogP contribution in [-0.4, -0.2) is 31.0 Å². The molecule has 0 fully saturated rings. The Hall–Kier alpha value is -3.15. The SMILES string of the molecule is CN(CCOc1ccccc1F)C(=O)c1ccc(-c2ccc(F)cc2)o1. The minimum absolute atomic E-state index is 0.143. The molecule has 134 valence electrons. The van der Waals surface area contributed by atoms with E-state index in [9.17, 15) is 13.6 Å². The van der Waals surface area contributed by atoms with Crippen LogP contribution in [0.1, 0.15) is 10.6 Å². The van der Waals surface area contributed by atoms with Crippen molar-refractivity contribution in [2.24, 2.45) is 0 Å². The number of furan rings is 1. The zero-order valence-electron chi connectivity index (χ0n) is 14.1. The third kappa shape index (κ3) is 4.08. The van der Waals surface area contributed by atoms with Crippen molar-refractivity contribution in [3.8, 4) is 17.1 Å². The Morgan fingerprint density at radius 2 is 1.77 bits per heavy atom. The van der Waals surface area contributed by atoms with Crippen molar-refractivity contribution in [1.82, 2.24) is 4.90 Å². The van der Waals surface area contributed by atoms with Crippen LogP contribution in [0.15, 0.2) is 65.1 Å². The fourth-order valence-corrected chi connectivity index (χ4v) is 2.37. The standard InChI is InChI=1S/C20H17F2NO3/c1-23(12-13-25-18-5-3-2-4-16(18)22)20(24)19-11-10-17(26-19)14-6-8-15(21)9-7-14/h2-11H,12-13H2,1H3. The van der Waals surface area contributed by atoms with E-state index in [0.29, 0.717) is 11.3 Å². The van der Waals surface area contributed by atoms with Gasteiger partial charge in [-0.15, -0.1) is 0 Å². The molecule has 3 rings (SSSR count). The van der Waals surface area contributed by atoms with Gasteiger partial charge in [0.05, 0.1) is 6.54 Å². The van der Waals surface area contributed by atoms with E-state index >= 15 is 0 Å². The van der Waals surface area contributed by atoms with Gasteiger partial charge in [0, 0.05) is 12.6 Å². The summed E-state index contributed by atoms with van der Waals surface area (Å²) in [6.07, 6.45) is 0. The van der Waals surface area contributed by atoms with Gasteiger partial charge < -0.3 is 14.1 Å². The lowest BCUT2D eigenvalue weighted by Gasteiger charge is -2.16. The van der Waals surface area contributed by atoms with Gasteiger partial charge in [-0.1, -0.05) is 12.1 Å². The van der Waals surface area contributed by atoms with Crippen LogP contribution >= 0.6 is 0 Å². The predicted molar refractivity (Wildman–Crippen MR) is 93.0 cm³/mol. The zero-order chi connectivity index (χ0) is 18.5. The van der Waals surface area contributed by atoms with Gasteiger partial charge in [0.2, 0.25) is 0 Å². The zero-order valence-corrected chi connectivity index (χ0v) is 14.1.